The summed E-state index contributed by atoms with van der Waals surface area (Å²) in [5.74, 6) is 0.0720. The number of nitrogens with zero attached hydrogens (tertiary/aromatic N) is 1. The maximum absolute atomic E-state index is 12.0. The molecule has 1 atom stereocenters. The van der Waals surface area contributed by atoms with Gasteiger partial charge in [0.2, 0.25) is 5.91 Å². The Morgan fingerprint density at radius 3 is 2.19 bits per heavy atom. The molecule has 1 saturated carbocycles. The Balaban J connectivity index is 2.59. The van der Waals surface area contributed by atoms with E-state index in [1.807, 2.05) is 6.92 Å². The van der Waals surface area contributed by atoms with Crippen molar-refractivity contribution in [2.75, 3.05) is 0 Å². The summed E-state index contributed by atoms with van der Waals surface area (Å²) in [7, 11) is 0. The molecule has 1 fully saturated rings. The first-order chi connectivity index (χ1) is 7.29. The standard InChI is InChI=1S/C13H22N2O/c1-6-7-9(8-14)15-11(16)10-12(2,3)13(10,4)5/h9-10H,6-7H2,1-5H3,(H,15,16). The fraction of sp³-hybridized carbons (Fsp3) is 0.846. The highest BCUT2D eigenvalue weighted by Gasteiger charge is 2.68. The van der Waals surface area contributed by atoms with E-state index in [0.717, 1.165) is 12.8 Å². The third-order valence-electron chi connectivity index (χ3n) is 4.33. The van der Waals surface area contributed by atoms with Crippen molar-refractivity contribution in [3.05, 3.63) is 0 Å². The first kappa shape index (κ1) is 13.0. The molecule has 0 spiro atoms. The van der Waals surface area contributed by atoms with Gasteiger partial charge >= 0.3 is 0 Å². The van der Waals surface area contributed by atoms with Gasteiger partial charge in [-0.3, -0.25) is 4.79 Å². The highest BCUT2D eigenvalue weighted by Crippen LogP contribution is 2.68. The summed E-state index contributed by atoms with van der Waals surface area (Å²) < 4.78 is 0. The second-order valence-electron chi connectivity index (χ2n) is 5.86. The summed E-state index contributed by atoms with van der Waals surface area (Å²) in [6.45, 7) is 10.5. The van der Waals surface area contributed by atoms with E-state index in [9.17, 15) is 4.79 Å². The van der Waals surface area contributed by atoms with E-state index in [4.69, 9.17) is 5.26 Å². The number of hydrogen-bond acceptors (Lipinski definition) is 2. The Morgan fingerprint density at radius 1 is 1.38 bits per heavy atom. The molecule has 1 aliphatic rings. The number of amides is 1. The number of rotatable bonds is 4. The van der Waals surface area contributed by atoms with Crippen molar-refractivity contribution in [3.8, 4) is 6.07 Å². The van der Waals surface area contributed by atoms with Crippen LogP contribution in [0.25, 0.3) is 0 Å². The van der Waals surface area contributed by atoms with Crippen molar-refractivity contribution in [3.63, 3.8) is 0 Å². The predicted octanol–water partition coefficient (Wildman–Crippen LogP) is 2.48. The highest BCUT2D eigenvalue weighted by atomic mass is 16.2. The van der Waals surface area contributed by atoms with Gasteiger partial charge in [0.05, 0.1) is 6.07 Å². The van der Waals surface area contributed by atoms with Crippen LogP contribution in [0.1, 0.15) is 47.5 Å². The number of nitriles is 1. The van der Waals surface area contributed by atoms with Crippen LogP contribution >= 0.6 is 0 Å². The molecule has 1 N–H and O–H groups in total. The molecule has 1 amide bonds. The zero-order chi connectivity index (χ0) is 12.6. The Morgan fingerprint density at radius 2 is 1.88 bits per heavy atom. The van der Waals surface area contributed by atoms with Crippen LogP contribution in [0.2, 0.25) is 0 Å². The van der Waals surface area contributed by atoms with E-state index in [-0.39, 0.29) is 28.7 Å². The second-order valence-corrected chi connectivity index (χ2v) is 5.86. The summed E-state index contributed by atoms with van der Waals surface area (Å²) in [5.41, 5.74) is 0.0899. The lowest BCUT2D eigenvalue weighted by Gasteiger charge is -2.11. The summed E-state index contributed by atoms with van der Waals surface area (Å²) in [5, 5.41) is 11.7. The topological polar surface area (TPSA) is 52.9 Å². The largest absolute Gasteiger partial charge is 0.340 e. The Bertz CT molecular complexity index is 311. The third-order valence-corrected chi connectivity index (χ3v) is 4.33. The van der Waals surface area contributed by atoms with E-state index in [2.05, 4.69) is 39.1 Å². The van der Waals surface area contributed by atoms with Crippen LogP contribution in [-0.4, -0.2) is 11.9 Å². The van der Waals surface area contributed by atoms with E-state index in [1.54, 1.807) is 0 Å². The summed E-state index contributed by atoms with van der Waals surface area (Å²) >= 11 is 0. The van der Waals surface area contributed by atoms with Crippen molar-refractivity contribution in [2.45, 2.75) is 53.5 Å². The highest BCUT2D eigenvalue weighted by molar-refractivity contribution is 5.84. The monoisotopic (exact) mass is 222 g/mol. The van der Waals surface area contributed by atoms with Crippen LogP contribution in [0.3, 0.4) is 0 Å². The molecule has 0 radical (unpaired) electrons. The molecular formula is C13H22N2O. The molecule has 0 bridgehead atoms. The Kier molecular flexibility index (Phi) is 3.33. The minimum absolute atomic E-state index is 0.0349. The van der Waals surface area contributed by atoms with E-state index >= 15 is 0 Å². The molecule has 3 heteroatoms. The molecule has 1 aliphatic carbocycles. The minimum Gasteiger partial charge on any atom is -0.340 e. The molecule has 0 aromatic carbocycles. The number of nitrogens with one attached hydrogen (secondary N) is 1. The van der Waals surface area contributed by atoms with Gasteiger partial charge in [0.25, 0.3) is 0 Å². The van der Waals surface area contributed by atoms with E-state index in [1.165, 1.54) is 0 Å². The average Bonchev–Trinajstić information content (AvgIpc) is 2.56. The lowest BCUT2D eigenvalue weighted by Crippen LogP contribution is -2.36. The Labute approximate surface area is 98.2 Å². The van der Waals surface area contributed by atoms with Crippen molar-refractivity contribution < 1.29 is 4.79 Å². The second kappa shape index (κ2) is 4.08. The van der Waals surface area contributed by atoms with E-state index < -0.39 is 0 Å². The lowest BCUT2D eigenvalue weighted by atomic mass is 10.0. The molecule has 0 aromatic rings. The SMILES string of the molecule is CCCC(C#N)NC(=O)C1C(C)(C)C1(C)C. The number of carbonyl (C=O) groups is 1. The van der Waals surface area contributed by atoms with Crippen molar-refractivity contribution in [1.82, 2.24) is 5.32 Å². The third kappa shape index (κ3) is 1.93. The molecule has 0 aliphatic heterocycles. The molecule has 0 aromatic heterocycles. The summed E-state index contributed by atoms with van der Waals surface area (Å²) in [6, 6.07) is 1.81. The fourth-order valence-electron chi connectivity index (χ4n) is 2.56. The molecule has 1 rings (SSSR count). The van der Waals surface area contributed by atoms with Crippen LogP contribution in [-0.2, 0) is 4.79 Å². The van der Waals surface area contributed by atoms with Gasteiger partial charge in [0.15, 0.2) is 0 Å². The summed E-state index contributed by atoms with van der Waals surface area (Å²) in [6.07, 6.45) is 1.64. The van der Waals surface area contributed by atoms with E-state index in [0.29, 0.717) is 0 Å². The van der Waals surface area contributed by atoms with Crippen molar-refractivity contribution in [2.24, 2.45) is 16.7 Å². The maximum atomic E-state index is 12.0. The van der Waals surface area contributed by atoms with Gasteiger partial charge in [-0.2, -0.15) is 5.26 Å². The molecule has 16 heavy (non-hydrogen) atoms. The molecule has 0 heterocycles. The van der Waals surface area contributed by atoms with Gasteiger partial charge in [-0.15, -0.1) is 0 Å². The van der Waals surface area contributed by atoms with Gasteiger partial charge in [-0.25, -0.2) is 0 Å². The number of hydrogen-bond donors (Lipinski definition) is 1. The molecule has 0 saturated heterocycles. The normalized spacial score (nSPS) is 23.2. The Hall–Kier alpha value is -1.04. The smallest absolute Gasteiger partial charge is 0.225 e. The van der Waals surface area contributed by atoms with Crippen LogP contribution < -0.4 is 5.32 Å². The van der Waals surface area contributed by atoms with Crippen LogP contribution in [0.15, 0.2) is 0 Å². The van der Waals surface area contributed by atoms with Crippen molar-refractivity contribution in [1.29, 1.82) is 5.26 Å². The van der Waals surface area contributed by atoms with Gasteiger partial charge < -0.3 is 5.32 Å². The first-order valence-electron chi connectivity index (χ1n) is 5.99. The minimum atomic E-state index is -0.329. The zero-order valence-electron chi connectivity index (χ0n) is 10.9. The first-order valence-corrected chi connectivity index (χ1v) is 5.99. The quantitative estimate of drug-likeness (QED) is 0.794. The molecule has 90 valence electrons. The molecule has 1 unspecified atom stereocenters. The van der Waals surface area contributed by atoms with Crippen LogP contribution in [0.5, 0.6) is 0 Å². The zero-order valence-corrected chi connectivity index (χ0v) is 10.9. The molecular weight excluding hydrogens is 200 g/mol. The van der Waals surface area contributed by atoms with Gasteiger partial charge in [0.1, 0.15) is 6.04 Å². The predicted molar refractivity (Wildman–Crippen MR) is 63.5 cm³/mol. The van der Waals surface area contributed by atoms with Gasteiger partial charge in [-0.1, -0.05) is 41.0 Å². The van der Waals surface area contributed by atoms with Crippen LogP contribution in [0, 0.1) is 28.1 Å². The molecule has 3 nitrogen and oxygen atoms in total. The fourth-order valence-corrected chi connectivity index (χ4v) is 2.56. The maximum Gasteiger partial charge on any atom is 0.225 e. The van der Waals surface area contributed by atoms with Gasteiger partial charge in [-0.05, 0) is 17.3 Å². The van der Waals surface area contributed by atoms with Crippen LogP contribution in [0.4, 0.5) is 0 Å². The van der Waals surface area contributed by atoms with Crippen molar-refractivity contribution >= 4 is 5.91 Å². The summed E-state index contributed by atoms with van der Waals surface area (Å²) in [4.78, 5) is 12.0. The van der Waals surface area contributed by atoms with Gasteiger partial charge in [0, 0.05) is 5.92 Å². The number of carbonyl (C=O) groups excluding carboxylic acids is 1. The lowest BCUT2D eigenvalue weighted by molar-refractivity contribution is -0.123. The average molecular weight is 222 g/mol.